The van der Waals surface area contributed by atoms with Gasteiger partial charge in [-0.1, -0.05) is 84.8 Å². The molecule has 5 nitrogen and oxygen atoms in total. The summed E-state index contributed by atoms with van der Waals surface area (Å²) in [7, 11) is 0. The van der Waals surface area contributed by atoms with E-state index in [9.17, 15) is 4.79 Å². The summed E-state index contributed by atoms with van der Waals surface area (Å²) in [6.45, 7) is 0.363. The summed E-state index contributed by atoms with van der Waals surface area (Å²) in [6.07, 6.45) is 1.74. The summed E-state index contributed by atoms with van der Waals surface area (Å²) >= 11 is 0. The molecular weight excluding hydrogens is 532 g/mol. The zero-order valence-corrected chi connectivity index (χ0v) is 23.2. The second-order valence-electron chi connectivity index (χ2n) is 10.1. The van der Waals surface area contributed by atoms with Crippen molar-refractivity contribution in [3.05, 3.63) is 155 Å². The minimum atomic E-state index is -0.171. The fourth-order valence-corrected chi connectivity index (χ4v) is 5.36. The maximum atomic E-state index is 14.5. The van der Waals surface area contributed by atoms with Gasteiger partial charge < -0.3 is 9.47 Å². The number of para-hydroxylation sites is 3. The Balaban J connectivity index is 1.50. The number of nitrogens with zero attached hydrogens (tertiary/aromatic N) is 2. The Morgan fingerprint density at radius 1 is 0.651 bits per heavy atom. The van der Waals surface area contributed by atoms with Gasteiger partial charge in [0.05, 0.1) is 11.2 Å². The first-order chi connectivity index (χ1) is 21.3. The molecule has 0 saturated heterocycles. The maximum absolute atomic E-state index is 14.5. The number of pyridine rings is 2. The van der Waals surface area contributed by atoms with Gasteiger partial charge in [-0.25, -0.2) is 0 Å². The third kappa shape index (κ3) is 5.18. The lowest BCUT2D eigenvalue weighted by molar-refractivity contribution is 0.306. The van der Waals surface area contributed by atoms with E-state index < -0.39 is 0 Å². The SMILES string of the molecule is O=c1c2cc3ccccc3cc2c(COc2ccccc2)c(C#CCOc2ccccc2)n1-c1cccc2cccnc12. The van der Waals surface area contributed by atoms with Crippen molar-refractivity contribution in [2.75, 3.05) is 6.61 Å². The molecule has 7 aromatic rings. The van der Waals surface area contributed by atoms with E-state index >= 15 is 0 Å². The minimum absolute atomic E-state index is 0.154. The molecule has 0 unspecified atom stereocenters. The highest BCUT2D eigenvalue weighted by atomic mass is 16.5. The van der Waals surface area contributed by atoms with E-state index in [0.29, 0.717) is 22.3 Å². The molecule has 206 valence electrons. The second-order valence-corrected chi connectivity index (χ2v) is 10.1. The quantitative estimate of drug-likeness (QED) is 0.155. The van der Waals surface area contributed by atoms with Crippen molar-refractivity contribution < 1.29 is 9.47 Å². The fraction of sp³-hybridized carbons (Fsp3) is 0.0526. The van der Waals surface area contributed by atoms with Crippen LogP contribution in [0.1, 0.15) is 11.3 Å². The van der Waals surface area contributed by atoms with E-state index in [1.54, 1.807) is 10.8 Å². The first-order valence-electron chi connectivity index (χ1n) is 14.1. The number of hydrogen-bond acceptors (Lipinski definition) is 4. The van der Waals surface area contributed by atoms with Crippen molar-refractivity contribution >= 4 is 32.4 Å². The van der Waals surface area contributed by atoms with Crippen LogP contribution in [-0.4, -0.2) is 16.2 Å². The highest BCUT2D eigenvalue weighted by Gasteiger charge is 2.20. The van der Waals surface area contributed by atoms with Gasteiger partial charge in [-0.05, 0) is 70.6 Å². The average molecular weight is 559 g/mol. The summed E-state index contributed by atoms with van der Waals surface area (Å²) in [5.41, 5.74) is 2.55. The smallest absolute Gasteiger partial charge is 0.264 e. The van der Waals surface area contributed by atoms with Crippen molar-refractivity contribution in [2.24, 2.45) is 0 Å². The zero-order valence-electron chi connectivity index (χ0n) is 23.2. The molecule has 0 aliphatic heterocycles. The van der Waals surface area contributed by atoms with Crippen LogP contribution in [0.4, 0.5) is 0 Å². The van der Waals surface area contributed by atoms with Crippen LogP contribution >= 0.6 is 0 Å². The predicted molar refractivity (Wildman–Crippen MR) is 172 cm³/mol. The zero-order chi connectivity index (χ0) is 29.0. The van der Waals surface area contributed by atoms with Crippen LogP contribution in [0.3, 0.4) is 0 Å². The van der Waals surface area contributed by atoms with Crippen molar-refractivity contribution in [1.82, 2.24) is 9.55 Å². The topological polar surface area (TPSA) is 53.4 Å². The normalized spacial score (nSPS) is 10.9. The molecule has 0 N–H and O–H groups in total. The fourth-order valence-electron chi connectivity index (χ4n) is 5.36. The molecule has 0 aliphatic carbocycles. The highest BCUT2D eigenvalue weighted by Crippen LogP contribution is 2.29. The molecule has 0 aliphatic rings. The Morgan fingerprint density at radius 2 is 1.28 bits per heavy atom. The van der Waals surface area contributed by atoms with Crippen LogP contribution in [0.25, 0.3) is 38.1 Å². The minimum Gasteiger partial charge on any atom is -0.489 e. The Bertz CT molecular complexity index is 2210. The number of aromatic nitrogens is 2. The molecule has 0 radical (unpaired) electrons. The second kappa shape index (κ2) is 11.6. The Kier molecular flexibility index (Phi) is 7.01. The van der Waals surface area contributed by atoms with Gasteiger partial charge >= 0.3 is 0 Å². The van der Waals surface area contributed by atoms with E-state index in [1.165, 1.54) is 0 Å². The van der Waals surface area contributed by atoms with Gasteiger partial charge in [0, 0.05) is 22.5 Å². The van der Waals surface area contributed by atoms with Gasteiger partial charge in [-0.15, -0.1) is 0 Å². The lowest BCUT2D eigenvalue weighted by Gasteiger charge is -2.19. The molecule has 2 heterocycles. The number of hydrogen-bond donors (Lipinski definition) is 0. The summed E-state index contributed by atoms with van der Waals surface area (Å²) in [5, 5.41) is 4.34. The van der Waals surface area contributed by atoms with E-state index in [2.05, 4.69) is 29.0 Å². The van der Waals surface area contributed by atoms with Crippen LogP contribution in [0.5, 0.6) is 11.5 Å². The molecule has 2 aromatic heterocycles. The third-order valence-electron chi connectivity index (χ3n) is 7.39. The standard InChI is InChI=1S/C38H26N2O3/c41-38-33-25-29-13-8-7-12-28(29)24-32(33)34(26-43-31-18-5-2-6-19-31)35(21-11-23-42-30-16-3-1-4-17-30)40(38)36-20-9-14-27-15-10-22-39-37(27)36/h1-10,12-20,22,24-25H,23,26H2. The Hall–Kier alpha value is -5.86. The molecule has 0 amide bonds. The Labute approximate surface area is 248 Å². The molecule has 0 bridgehead atoms. The van der Waals surface area contributed by atoms with E-state index in [-0.39, 0.29) is 18.8 Å². The molecule has 0 saturated carbocycles. The van der Waals surface area contributed by atoms with Gasteiger partial charge in [-0.2, -0.15) is 0 Å². The molecule has 5 heteroatoms. The van der Waals surface area contributed by atoms with E-state index in [4.69, 9.17) is 9.47 Å². The van der Waals surface area contributed by atoms with Crippen LogP contribution in [0.2, 0.25) is 0 Å². The molecule has 0 atom stereocenters. The Morgan fingerprint density at radius 3 is 2.02 bits per heavy atom. The highest BCUT2D eigenvalue weighted by molar-refractivity contribution is 6.00. The number of fused-ring (bicyclic) bond motifs is 3. The summed E-state index contributed by atoms with van der Waals surface area (Å²) in [6, 6.07) is 41.0. The van der Waals surface area contributed by atoms with Crippen LogP contribution in [0, 0.1) is 11.8 Å². The molecule has 0 fully saturated rings. The summed E-state index contributed by atoms with van der Waals surface area (Å²) < 4.78 is 13.9. The number of ether oxygens (including phenoxy) is 2. The largest absolute Gasteiger partial charge is 0.489 e. The van der Waals surface area contributed by atoms with Crippen LogP contribution < -0.4 is 15.0 Å². The third-order valence-corrected chi connectivity index (χ3v) is 7.39. The van der Waals surface area contributed by atoms with Crippen molar-refractivity contribution in [2.45, 2.75) is 6.61 Å². The van der Waals surface area contributed by atoms with Gasteiger partial charge in [0.1, 0.15) is 30.4 Å². The van der Waals surface area contributed by atoms with Gasteiger partial charge in [0.25, 0.3) is 5.56 Å². The average Bonchev–Trinajstić information content (AvgIpc) is 3.06. The van der Waals surface area contributed by atoms with Crippen LogP contribution in [0.15, 0.2) is 138 Å². The lowest BCUT2D eigenvalue weighted by atomic mass is 9.99. The van der Waals surface area contributed by atoms with Gasteiger partial charge in [-0.3, -0.25) is 14.3 Å². The van der Waals surface area contributed by atoms with Gasteiger partial charge in [0.15, 0.2) is 0 Å². The van der Waals surface area contributed by atoms with Crippen molar-refractivity contribution in [3.8, 4) is 29.0 Å². The van der Waals surface area contributed by atoms with Gasteiger partial charge in [0.2, 0.25) is 0 Å². The predicted octanol–water partition coefficient (Wildman–Crippen LogP) is 7.70. The number of benzene rings is 5. The van der Waals surface area contributed by atoms with Crippen LogP contribution in [-0.2, 0) is 6.61 Å². The van der Waals surface area contributed by atoms with E-state index in [1.807, 2.05) is 115 Å². The monoisotopic (exact) mass is 558 g/mol. The molecule has 7 rings (SSSR count). The van der Waals surface area contributed by atoms with E-state index in [0.717, 1.165) is 38.6 Å². The molecule has 5 aromatic carbocycles. The summed E-state index contributed by atoms with van der Waals surface area (Å²) in [5.74, 6) is 7.94. The summed E-state index contributed by atoms with van der Waals surface area (Å²) in [4.78, 5) is 19.2. The lowest BCUT2D eigenvalue weighted by Crippen LogP contribution is -2.24. The first kappa shape index (κ1) is 26.1. The number of rotatable bonds is 6. The van der Waals surface area contributed by atoms with Crippen molar-refractivity contribution in [1.29, 1.82) is 0 Å². The van der Waals surface area contributed by atoms with Crippen molar-refractivity contribution in [3.63, 3.8) is 0 Å². The first-order valence-corrected chi connectivity index (χ1v) is 14.1. The molecule has 0 spiro atoms. The molecule has 43 heavy (non-hydrogen) atoms. The maximum Gasteiger partial charge on any atom is 0.264 e. The molecular formula is C38H26N2O3.